The van der Waals surface area contributed by atoms with E-state index in [1.165, 1.54) is 6.20 Å². The molecule has 6 heteroatoms. The van der Waals surface area contributed by atoms with Gasteiger partial charge in [0.2, 0.25) is 0 Å². The normalized spacial score (nSPS) is 13.3. The Kier molecular flexibility index (Phi) is 6.10. The van der Waals surface area contributed by atoms with E-state index in [1.54, 1.807) is 0 Å². The van der Waals surface area contributed by atoms with Gasteiger partial charge in [-0.1, -0.05) is 46.2 Å². The summed E-state index contributed by atoms with van der Waals surface area (Å²) in [6.07, 6.45) is 1.94. The lowest BCUT2D eigenvalue weighted by Crippen LogP contribution is -2.44. The number of hydrogen-bond acceptors (Lipinski definition) is 4. The van der Waals surface area contributed by atoms with Crippen molar-refractivity contribution >= 4 is 17.5 Å². The van der Waals surface area contributed by atoms with Crippen molar-refractivity contribution in [2.45, 2.75) is 53.0 Å². The van der Waals surface area contributed by atoms with E-state index >= 15 is 0 Å². The summed E-state index contributed by atoms with van der Waals surface area (Å²) in [4.78, 5) is 20.8. The van der Waals surface area contributed by atoms with Crippen molar-refractivity contribution in [2.75, 3.05) is 6.61 Å². The summed E-state index contributed by atoms with van der Waals surface area (Å²) in [6.45, 7) is 9.94. The van der Waals surface area contributed by atoms with Crippen molar-refractivity contribution in [3.8, 4) is 0 Å². The van der Waals surface area contributed by atoms with E-state index in [1.807, 2.05) is 34.6 Å². The molecular formula is C15H24ClN3O2. The minimum absolute atomic E-state index is 0.0109. The van der Waals surface area contributed by atoms with Gasteiger partial charge in [-0.25, -0.2) is 9.97 Å². The molecule has 1 unspecified atom stereocenters. The summed E-state index contributed by atoms with van der Waals surface area (Å²) >= 11 is 6.04. The molecule has 0 aromatic carbocycles. The lowest BCUT2D eigenvalue weighted by atomic mass is 9.85. The highest BCUT2D eigenvalue weighted by Gasteiger charge is 2.27. The summed E-state index contributed by atoms with van der Waals surface area (Å²) in [6, 6.07) is -0.163. The Morgan fingerprint density at radius 3 is 2.52 bits per heavy atom. The molecule has 0 fully saturated rings. The van der Waals surface area contributed by atoms with Gasteiger partial charge in [-0.3, -0.25) is 4.79 Å². The lowest BCUT2D eigenvalue weighted by molar-refractivity contribution is 0.0879. The minimum atomic E-state index is -0.335. The summed E-state index contributed by atoms with van der Waals surface area (Å²) in [7, 11) is 0. The molecule has 1 aromatic heterocycles. The standard InChI is InChI=1S/C15H24ClN3O2/c1-9(2)13-17-8-10(16)12(19-13)14(21)18-11(6-7-20)15(3,4)5/h8-9,11,20H,6-7H2,1-5H3,(H,18,21). The maximum atomic E-state index is 12.4. The predicted molar refractivity (Wildman–Crippen MR) is 83.5 cm³/mol. The van der Waals surface area contributed by atoms with Crippen LogP contribution < -0.4 is 5.32 Å². The molecule has 0 bridgehead atoms. The second-order valence-corrected chi connectivity index (χ2v) is 6.89. The first kappa shape index (κ1) is 17.9. The van der Waals surface area contributed by atoms with E-state index in [-0.39, 0.29) is 40.6 Å². The topological polar surface area (TPSA) is 75.1 Å². The number of carbonyl (C=O) groups is 1. The smallest absolute Gasteiger partial charge is 0.271 e. The van der Waals surface area contributed by atoms with Gasteiger partial charge in [-0.05, 0) is 11.8 Å². The molecule has 0 saturated heterocycles. The number of hydrogen-bond donors (Lipinski definition) is 2. The fraction of sp³-hybridized carbons (Fsp3) is 0.667. The summed E-state index contributed by atoms with van der Waals surface area (Å²) in [5.74, 6) is 0.362. The Balaban J connectivity index is 2.99. The molecule has 0 radical (unpaired) electrons. The largest absolute Gasteiger partial charge is 0.396 e. The highest BCUT2D eigenvalue weighted by Crippen LogP contribution is 2.23. The van der Waals surface area contributed by atoms with Crippen molar-refractivity contribution in [1.29, 1.82) is 0 Å². The third kappa shape index (κ3) is 4.93. The number of aliphatic hydroxyl groups is 1. The minimum Gasteiger partial charge on any atom is -0.396 e. The number of amides is 1. The number of nitrogens with zero attached hydrogens (tertiary/aromatic N) is 2. The second-order valence-electron chi connectivity index (χ2n) is 6.48. The number of carbonyl (C=O) groups excluding carboxylic acids is 1. The van der Waals surface area contributed by atoms with E-state index in [4.69, 9.17) is 16.7 Å². The zero-order valence-electron chi connectivity index (χ0n) is 13.3. The van der Waals surface area contributed by atoms with Crippen LogP contribution in [0.25, 0.3) is 0 Å². The third-order valence-electron chi connectivity index (χ3n) is 3.26. The SMILES string of the molecule is CC(C)c1ncc(Cl)c(C(=O)NC(CCO)C(C)(C)C)n1. The molecule has 0 aliphatic rings. The van der Waals surface area contributed by atoms with Crippen molar-refractivity contribution in [2.24, 2.45) is 5.41 Å². The zero-order valence-corrected chi connectivity index (χ0v) is 14.0. The molecule has 21 heavy (non-hydrogen) atoms. The molecule has 0 aliphatic carbocycles. The van der Waals surface area contributed by atoms with Gasteiger partial charge in [0.25, 0.3) is 5.91 Å². The van der Waals surface area contributed by atoms with E-state index in [9.17, 15) is 4.79 Å². The molecule has 0 saturated carbocycles. The van der Waals surface area contributed by atoms with Crippen molar-refractivity contribution in [1.82, 2.24) is 15.3 Å². The van der Waals surface area contributed by atoms with Crippen molar-refractivity contribution < 1.29 is 9.90 Å². The number of aliphatic hydroxyl groups excluding tert-OH is 1. The van der Waals surface area contributed by atoms with Crippen LogP contribution in [-0.2, 0) is 0 Å². The van der Waals surface area contributed by atoms with Crippen LogP contribution >= 0.6 is 11.6 Å². The Labute approximate surface area is 131 Å². The van der Waals surface area contributed by atoms with E-state index in [0.717, 1.165) is 0 Å². The molecular weight excluding hydrogens is 290 g/mol. The molecule has 0 aliphatic heterocycles. The van der Waals surface area contributed by atoms with Gasteiger partial charge in [0.05, 0.1) is 11.2 Å². The second kappa shape index (κ2) is 7.18. The Morgan fingerprint density at radius 1 is 1.43 bits per heavy atom. The summed E-state index contributed by atoms with van der Waals surface area (Å²) in [5, 5.41) is 12.3. The average Bonchev–Trinajstić information content (AvgIpc) is 2.37. The van der Waals surface area contributed by atoms with Gasteiger partial charge in [-0.15, -0.1) is 0 Å². The Bertz CT molecular complexity index is 498. The van der Waals surface area contributed by atoms with Gasteiger partial charge >= 0.3 is 0 Å². The van der Waals surface area contributed by atoms with Crippen LogP contribution in [0.5, 0.6) is 0 Å². The monoisotopic (exact) mass is 313 g/mol. The number of aromatic nitrogens is 2. The highest BCUT2D eigenvalue weighted by atomic mass is 35.5. The maximum Gasteiger partial charge on any atom is 0.271 e. The number of rotatable bonds is 5. The van der Waals surface area contributed by atoms with Crippen LogP contribution in [0.3, 0.4) is 0 Å². The molecule has 5 nitrogen and oxygen atoms in total. The molecule has 118 valence electrons. The van der Waals surface area contributed by atoms with Crippen LogP contribution in [0, 0.1) is 5.41 Å². The van der Waals surface area contributed by atoms with Crippen LogP contribution in [0.1, 0.15) is 63.3 Å². The van der Waals surface area contributed by atoms with Gasteiger partial charge in [-0.2, -0.15) is 0 Å². The first-order chi connectivity index (χ1) is 9.66. The molecule has 1 atom stereocenters. The van der Waals surface area contributed by atoms with Gasteiger partial charge in [0.15, 0.2) is 0 Å². The predicted octanol–water partition coefficient (Wildman–Crippen LogP) is 2.78. The molecule has 2 N–H and O–H groups in total. The van der Waals surface area contributed by atoms with Gasteiger partial charge in [0, 0.05) is 18.6 Å². The molecule has 1 amide bonds. The lowest BCUT2D eigenvalue weighted by Gasteiger charge is -2.31. The van der Waals surface area contributed by atoms with Gasteiger partial charge in [0.1, 0.15) is 11.5 Å². The van der Waals surface area contributed by atoms with Crippen molar-refractivity contribution in [3.05, 3.63) is 22.7 Å². The van der Waals surface area contributed by atoms with E-state index in [2.05, 4.69) is 15.3 Å². The number of halogens is 1. The van der Waals surface area contributed by atoms with Crippen LogP contribution in [0.15, 0.2) is 6.20 Å². The molecule has 1 heterocycles. The quantitative estimate of drug-likeness (QED) is 0.876. The zero-order chi connectivity index (χ0) is 16.2. The van der Waals surface area contributed by atoms with Crippen molar-refractivity contribution in [3.63, 3.8) is 0 Å². The summed E-state index contributed by atoms with van der Waals surface area (Å²) in [5.41, 5.74) is 0.0150. The van der Waals surface area contributed by atoms with Crippen LogP contribution in [0.4, 0.5) is 0 Å². The molecule has 0 spiro atoms. The fourth-order valence-electron chi connectivity index (χ4n) is 1.90. The van der Waals surface area contributed by atoms with E-state index < -0.39 is 0 Å². The first-order valence-electron chi connectivity index (χ1n) is 7.11. The van der Waals surface area contributed by atoms with Crippen LogP contribution in [-0.4, -0.2) is 33.6 Å². The Morgan fingerprint density at radius 2 is 2.05 bits per heavy atom. The molecule has 1 rings (SSSR count). The van der Waals surface area contributed by atoms with Crippen LogP contribution in [0.2, 0.25) is 5.02 Å². The Hall–Kier alpha value is -1.20. The maximum absolute atomic E-state index is 12.4. The summed E-state index contributed by atoms with van der Waals surface area (Å²) < 4.78 is 0. The third-order valence-corrected chi connectivity index (χ3v) is 3.54. The molecule has 1 aromatic rings. The van der Waals surface area contributed by atoms with Gasteiger partial charge < -0.3 is 10.4 Å². The number of nitrogens with one attached hydrogen (secondary N) is 1. The van der Waals surface area contributed by atoms with E-state index in [0.29, 0.717) is 12.2 Å². The first-order valence-corrected chi connectivity index (χ1v) is 7.48. The average molecular weight is 314 g/mol. The highest BCUT2D eigenvalue weighted by molar-refractivity contribution is 6.33. The fourth-order valence-corrected chi connectivity index (χ4v) is 2.07.